The first-order valence-corrected chi connectivity index (χ1v) is 11.8. The lowest BCUT2D eigenvalue weighted by Crippen LogP contribution is -2.44. The van der Waals surface area contributed by atoms with Crippen molar-refractivity contribution in [1.29, 1.82) is 0 Å². The van der Waals surface area contributed by atoms with Gasteiger partial charge in [0.05, 0.1) is 27.4 Å². The number of fused-ring (bicyclic) bond motifs is 5. The second-order valence-corrected chi connectivity index (χ2v) is 9.97. The molecule has 0 aromatic heterocycles. The molecule has 0 aliphatic heterocycles. The summed E-state index contributed by atoms with van der Waals surface area (Å²) in [6.07, 6.45) is 7.27. The summed E-state index contributed by atoms with van der Waals surface area (Å²) in [4.78, 5) is 0. The Hall–Kier alpha value is -2.46. The molecule has 0 bridgehead atoms. The number of benzene rings is 2. The van der Waals surface area contributed by atoms with E-state index in [-0.39, 0.29) is 11.5 Å². The van der Waals surface area contributed by atoms with Crippen molar-refractivity contribution in [3.63, 3.8) is 0 Å². The Kier molecular flexibility index (Phi) is 5.45. The molecule has 2 saturated carbocycles. The number of aliphatic hydroxyl groups excluding tert-OH is 1. The average Bonchev–Trinajstić information content (AvgIpc) is 3.08. The monoisotopic (exact) mass is 434 g/mol. The maximum Gasteiger partial charge on any atom is 0.161 e. The highest BCUT2D eigenvalue weighted by atomic mass is 16.5. The third-order valence-corrected chi connectivity index (χ3v) is 8.56. The van der Waals surface area contributed by atoms with Crippen molar-refractivity contribution >= 4 is 6.08 Å². The first kappa shape index (κ1) is 21.4. The van der Waals surface area contributed by atoms with Gasteiger partial charge in [0.25, 0.3) is 0 Å². The van der Waals surface area contributed by atoms with Crippen LogP contribution in [0.5, 0.6) is 17.2 Å². The number of hydrogen-bond donors (Lipinski definition) is 1. The number of aliphatic hydroxyl groups is 1. The van der Waals surface area contributed by atoms with Crippen molar-refractivity contribution in [1.82, 2.24) is 0 Å². The fraction of sp³-hybridized carbons (Fsp3) is 0.500. The third kappa shape index (κ3) is 3.31. The molecule has 4 heteroatoms. The molecular formula is C28H34O4. The molecule has 0 spiro atoms. The van der Waals surface area contributed by atoms with Gasteiger partial charge in [-0.1, -0.05) is 25.1 Å². The SMILES string of the molecule is COc1ccc2c(c1)CCC1C2CCC2(C)C(O)/C(=C\c3ccc(OC)c(OC)c3)CC12. The molecule has 0 amide bonds. The molecule has 32 heavy (non-hydrogen) atoms. The third-order valence-electron chi connectivity index (χ3n) is 8.56. The van der Waals surface area contributed by atoms with Crippen LogP contribution in [-0.2, 0) is 6.42 Å². The van der Waals surface area contributed by atoms with Crippen LogP contribution in [0.25, 0.3) is 6.08 Å². The lowest BCUT2D eigenvalue weighted by molar-refractivity contribution is -0.0158. The van der Waals surface area contributed by atoms with Gasteiger partial charge in [-0.25, -0.2) is 0 Å². The van der Waals surface area contributed by atoms with Crippen molar-refractivity contribution in [2.45, 2.75) is 51.0 Å². The predicted octanol–water partition coefficient (Wildman–Crippen LogP) is 5.62. The Morgan fingerprint density at radius 2 is 1.78 bits per heavy atom. The zero-order chi connectivity index (χ0) is 22.5. The van der Waals surface area contributed by atoms with Crippen molar-refractivity contribution < 1.29 is 19.3 Å². The Bertz CT molecular complexity index is 1040. The van der Waals surface area contributed by atoms with Crippen LogP contribution in [0.3, 0.4) is 0 Å². The molecule has 5 rings (SSSR count). The van der Waals surface area contributed by atoms with Gasteiger partial charge in [-0.3, -0.25) is 0 Å². The topological polar surface area (TPSA) is 47.9 Å². The second-order valence-electron chi connectivity index (χ2n) is 9.97. The van der Waals surface area contributed by atoms with E-state index in [1.54, 1.807) is 21.3 Å². The molecule has 2 aromatic carbocycles. The van der Waals surface area contributed by atoms with Crippen LogP contribution in [0.15, 0.2) is 42.0 Å². The minimum absolute atomic E-state index is 0.0481. The quantitative estimate of drug-likeness (QED) is 0.678. The van der Waals surface area contributed by atoms with Gasteiger partial charge in [-0.15, -0.1) is 0 Å². The van der Waals surface area contributed by atoms with Crippen LogP contribution in [0.1, 0.15) is 55.2 Å². The number of methoxy groups -OCH3 is 3. The van der Waals surface area contributed by atoms with Crippen LogP contribution in [-0.4, -0.2) is 32.5 Å². The standard InChI is InChI=1S/C28H34O4/c1-28-12-11-22-21-9-7-20(30-2)15-18(21)6-8-23(22)24(28)16-19(27(28)29)13-17-5-10-25(31-3)26(14-17)32-4/h5,7,9-10,13-15,22-24,27,29H,6,8,11-12,16H2,1-4H3/b19-13-. The van der Waals surface area contributed by atoms with Crippen LogP contribution in [0.4, 0.5) is 0 Å². The van der Waals surface area contributed by atoms with Gasteiger partial charge >= 0.3 is 0 Å². The molecule has 3 aliphatic carbocycles. The van der Waals surface area contributed by atoms with Gasteiger partial charge in [0.15, 0.2) is 11.5 Å². The zero-order valence-corrected chi connectivity index (χ0v) is 19.6. The number of hydrogen-bond acceptors (Lipinski definition) is 4. The van der Waals surface area contributed by atoms with Gasteiger partial charge in [-0.2, -0.15) is 0 Å². The van der Waals surface area contributed by atoms with E-state index in [9.17, 15) is 5.11 Å². The van der Waals surface area contributed by atoms with Crippen molar-refractivity contribution in [2.75, 3.05) is 21.3 Å². The summed E-state index contributed by atoms with van der Waals surface area (Å²) in [5, 5.41) is 11.4. The van der Waals surface area contributed by atoms with E-state index in [2.05, 4.69) is 31.2 Å². The first-order valence-electron chi connectivity index (χ1n) is 11.8. The summed E-state index contributed by atoms with van der Waals surface area (Å²) >= 11 is 0. The lowest BCUT2D eigenvalue weighted by atomic mass is 9.55. The summed E-state index contributed by atoms with van der Waals surface area (Å²) < 4.78 is 16.3. The molecule has 0 saturated heterocycles. The van der Waals surface area contributed by atoms with Crippen LogP contribution in [0, 0.1) is 17.3 Å². The van der Waals surface area contributed by atoms with E-state index in [4.69, 9.17) is 14.2 Å². The average molecular weight is 435 g/mol. The van der Waals surface area contributed by atoms with Gasteiger partial charge in [0, 0.05) is 5.41 Å². The molecule has 2 aromatic rings. The Morgan fingerprint density at radius 1 is 0.969 bits per heavy atom. The Morgan fingerprint density at radius 3 is 2.53 bits per heavy atom. The molecule has 5 unspecified atom stereocenters. The Labute approximate surface area is 191 Å². The molecule has 0 radical (unpaired) electrons. The largest absolute Gasteiger partial charge is 0.497 e. The van der Waals surface area contributed by atoms with E-state index in [1.165, 1.54) is 17.5 Å². The normalized spacial score (nSPS) is 32.1. The Balaban J connectivity index is 1.45. The molecular weight excluding hydrogens is 400 g/mol. The summed E-state index contributed by atoms with van der Waals surface area (Å²) in [6.45, 7) is 2.32. The van der Waals surface area contributed by atoms with E-state index < -0.39 is 0 Å². The maximum absolute atomic E-state index is 11.4. The maximum atomic E-state index is 11.4. The van der Waals surface area contributed by atoms with Crippen LogP contribution >= 0.6 is 0 Å². The number of aryl methyl sites for hydroxylation is 1. The minimum atomic E-state index is -0.390. The fourth-order valence-electron chi connectivity index (χ4n) is 6.84. The highest BCUT2D eigenvalue weighted by Gasteiger charge is 2.56. The molecule has 3 aliphatic rings. The molecule has 2 fully saturated rings. The zero-order valence-electron chi connectivity index (χ0n) is 19.6. The van der Waals surface area contributed by atoms with E-state index >= 15 is 0 Å². The molecule has 0 heterocycles. The minimum Gasteiger partial charge on any atom is -0.497 e. The van der Waals surface area contributed by atoms with Crippen LogP contribution < -0.4 is 14.2 Å². The molecule has 1 N–H and O–H groups in total. The van der Waals surface area contributed by atoms with Gasteiger partial charge < -0.3 is 19.3 Å². The smallest absolute Gasteiger partial charge is 0.161 e. The van der Waals surface area contributed by atoms with Crippen molar-refractivity contribution in [3.05, 3.63) is 58.7 Å². The number of rotatable bonds is 4. The van der Waals surface area contributed by atoms with E-state index in [1.807, 2.05) is 18.2 Å². The molecule has 5 atom stereocenters. The fourth-order valence-corrected chi connectivity index (χ4v) is 6.84. The summed E-state index contributed by atoms with van der Waals surface area (Å²) in [5.41, 5.74) is 5.13. The summed E-state index contributed by atoms with van der Waals surface area (Å²) in [7, 11) is 5.05. The van der Waals surface area contributed by atoms with Crippen molar-refractivity contribution in [2.24, 2.45) is 17.3 Å². The molecule has 4 nitrogen and oxygen atoms in total. The highest BCUT2D eigenvalue weighted by molar-refractivity contribution is 5.60. The lowest BCUT2D eigenvalue weighted by Gasteiger charge is -2.49. The highest BCUT2D eigenvalue weighted by Crippen LogP contribution is 2.62. The van der Waals surface area contributed by atoms with E-state index in [0.717, 1.165) is 54.1 Å². The predicted molar refractivity (Wildman–Crippen MR) is 127 cm³/mol. The second kappa shape index (κ2) is 8.15. The van der Waals surface area contributed by atoms with Crippen molar-refractivity contribution in [3.8, 4) is 17.2 Å². The van der Waals surface area contributed by atoms with E-state index in [0.29, 0.717) is 17.8 Å². The van der Waals surface area contributed by atoms with Gasteiger partial charge in [0.2, 0.25) is 0 Å². The van der Waals surface area contributed by atoms with Gasteiger partial charge in [-0.05, 0) is 96.4 Å². The summed E-state index contributed by atoms with van der Waals surface area (Å²) in [5.74, 6) is 4.13. The van der Waals surface area contributed by atoms with Gasteiger partial charge in [0.1, 0.15) is 5.75 Å². The first-order chi connectivity index (χ1) is 15.5. The molecule has 170 valence electrons. The number of ether oxygens (including phenoxy) is 3. The van der Waals surface area contributed by atoms with Crippen LogP contribution in [0.2, 0.25) is 0 Å². The summed E-state index contributed by atoms with van der Waals surface area (Å²) in [6, 6.07) is 12.6.